The van der Waals surface area contributed by atoms with E-state index in [4.69, 9.17) is 0 Å². The molecule has 0 aromatic carbocycles. The molecule has 88 valence electrons. The third kappa shape index (κ3) is 2.47. The molecule has 0 aliphatic rings. The number of hydrogen-bond donors (Lipinski definition) is 1. The SMILES string of the molecule is CNC(c1cnc(C)cn1)c1cnccc1C. The fourth-order valence-corrected chi connectivity index (χ4v) is 1.79. The molecule has 2 aromatic rings. The van der Waals surface area contributed by atoms with Crippen molar-refractivity contribution in [2.75, 3.05) is 7.05 Å². The standard InChI is InChI=1S/C13H16N4/c1-9-4-5-15-7-11(9)13(14-3)12-8-16-10(2)6-17-12/h4-8,13-14H,1-3H3. The van der Waals surface area contributed by atoms with E-state index >= 15 is 0 Å². The summed E-state index contributed by atoms with van der Waals surface area (Å²) in [5.74, 6) is 0. The second kappa shape index (κ2) is 5.01. The maximum atomic E-state index is 4.41. The van der Waals surface area contributed by atoms with Crippen LogP contribution in [-0.4, -0.2) is 22.0 Å². The molecule has 0 spiro atoms. The second-order valence-electron chi connectivity index (χ2n) is 4.04. The molecule has 17 heavy (non-hydrogen) atoms. The van der Waals surface area contributed by atoms with E-state index in [0.29, 0.717) is 0 Å². The first-order valence-corrected chi connectivity index (χ1v) is 5.58. The molecule has 0 fully saturated rings. The fourth-order valence-electron chi connectivity index (χ4n) is 1.79. The Morgan fingerprint density at radius 3 is 2.53 bits per heavy atom. The zero-order valence-electron chi connectivity index (χ0n) is 10.3. The molecule has 0 amide bonds. The van der Waals surface area contributed by atoms with Gasteiger partial charge in [0.25, 0.3) is 0 Å². The molecule has 1 atom stereocenters. The summed E-state index contributed by atoms with van der Waals surface area (Å²) < 4.78 is 0. The molecule has 0 radical (unpaired) electrons. The van der Waals surface area contributed by atoms with Crippen LogP contribution in [0.4, 0.5) is 0 Å². The van der Waals surface area contributed by atoms with E-state index in [0.717, 1.165) is 17.0 Å². The van der Waals surface area contributed by atoms with Gasteiger partial charge in [0.15, 0.2) is 0 Å². The van der Waals surface area contributed by atoms with Gasteiger partial charge in [0, 0.05) is 18.6 Å². The van der Waals surface area contributed by atoms with Crippen LogP contribution in [0.15, 0.2) is 30.9 Å². The first kappa shape index (κ1) is 11.7. The minimum atomic E-state index is 0.0387. The summed E-state index contributed by atoms with van der Waals surface area (Å²) in [4.78, 5) is 12.9. The van der Waals surface area contributed by atoms with Crippen molar-refractivity contribution in [2.24, 2.45) is 0 Å². The molecular weight excluding hydrogens is 212 g/mol. The maximum absolute atomic E-state index is 4.41. The van der Waals surface area contributed by atoms with Gasteiger partial charge in [-0.25, -0.2) is 0 Å². The van der Waals surface area contributed by atoms with E-state index in [1.165, 1.54) is 5.56 Å². The highest BCUT2D eigenvalue weighted by molar-refractivity contribution is 5.30. The van der Waals surface area contributed by atoms with Crippen LogP contribution in [0.2, 0.25) is 0 Å². The molecule has 2 rings (SSSR count). The van der Waals surface area contributed by atoms with Gasteiger partial charge in [0.05, 0.1) is 23.6 Å². The molecule has 0 aliphatic heterocycles. The van der Waals surface area contributed by atoms with Crippen LogP contribution in [0.3, 0.4) is 0 Å². The highest BCUT2D eigenvalue weighted by atomic mass is 14.9. The molecule has 0 aliphatic carbocycles. The highest BCUT2D eigenvalue weighted by Gasteiger charge is 2.15. The first-order chi connectivity index (χ1) is 8.22. The van der Waals surface area contributed by atoms with Gasteiger partial charge in [0.2, 0.25) is 0 Å². The van der Waals surface area contributed by atoms with Crippen molar-refractivity contribution in [3.05, 3.63) is 53.4 Å². The van der Waals surface area contributed by atoms with Gasteiger partial charge < -0.3 is 5.32 Å². The molecule has 1 unspecified atom stereocenters. The molecule has 0 saturated carbocycles. The Morgan fingerprint density at radius 1 is 1.12 bits per heavy atom. The Bertz CT molecular complexity index is 493. The van der Waals surface area contributed by atoms with E-state index < -0.39 is 0 Å². The van der Waals surface area contributed by atoms with E-state index in [9.17, 15) is 0 Å². The lowest BCUT2D eigenvalue weighted by molar-refractivity contribution is 0.659. The van der Waals surface area contributed by atoms with Crippen LogP contribution in [0.1, 0.15) is 28.6 Å². The number of aryl methyl sites for hydroxylation is 2. The zero-order chi connectivity index (χ0) is 12.3. The predicted molar refractivity (Wildman–Crippen MR) is 66.6 cm³/mol. The van der Waals surface area contributed by atoms with E-state index in [2.05, 4.69) is 27.2 Å². The van der Waals surface area contributed by atoms with Crippen LogP contribution in [0.5, 0.6) is 0 Å². The van der Waals surface area contributed by atoms with Gasteiger partial charge in [-0.3, -0.25) is 15.0 Å². The summed E-state index contributed by atoms with van der Waals surface area (Å²) in [7, 11) is 1.92. The normalized spacial score (nSPS) is 12.4. The van der Waals surface area contributed by atoms with Crippen LogP contribution >= 0.6 is 0 Å². The van der Waals surface area contributed by atoms with Crippen molar-refractivity contribution < 1.29 is 0 Å². The molecule has 2 heterocycles. The smallest absolute Gasteiger partial charge is 0.0802 e. The van der Waals surface area contributed by atoms with Crippen molar-refractivity contribution in [3.63, 3.8) is 0 Å². The summed E-state index contributed by atoms with van der Waals surface area (Å²) in [6.07, 6.45) is 7.26. The number of pyridine rings is 1. The molecule has 1 N–H and O–H groups in total. The van der Waals surface area contributed by atoms with Crippen molar-refractivity contribution in [2.45, 2.75) is 19.9 Å². The summed E-state index contributed by atoms with van der Waals surface area (Å²) >= 11 is 0. The molecule has 4 nitrogen and oxygen atoms in total. The summed E-state index contributed by atoms with van der Waals surface area (Å²) in [6.45, 7) is 4.00. The predicted octanol–water partition coefficient (Wildman–Crippen LogP) is 1.80. The van der Waals surface area contributed by atoms with Crippen LogP contribution < -0.4 is 5.32 Å². The van der Waals surface area contributed by atoms with E-state index in [1.54, 1.807) is 12.4 Å². The van der Waals surface area contributed by atoms with Gasteiger partial charge in [-0.05, 0) is 38.1 Å². The summed E-state index contributed by atoms with van der Waals surface area (Å²) in [5, 5.41) is 3.25. The second-order valence-corrected chi connectivity index (χ2v) is 4.04. The summed E-state index contributed by atoms with van der Waals surface area (Å²) in [5.41, 5.74) is 4.16. The van der Waals surface area contributed by atoms with Crippen LogP contribution in [-0.2, 0) is 0 Å². The lowest BCUT2D eigenvalue weighted by Crippen LogP contribution is -2.20. The van der Waals surface area contributed by atoms with Crippen molar-refractivity contribution in [1.29, 1.82) is 0 Å². The molecular formula is C13H16N4. The van der Waals surface area contributed by atoms with Gasteiger partial charge in [-0.1, -0.05) is 0 Å². The zero-order valence-corrected chi connectivity index (χ0v) is 10.3. The number of nitrogens with zero attached hydrogens (tertiary/aromatic N) is 3. The number of nitrogens with one attached hydrogen (secondary N) is 1. The Morgan fingerprint density at radius 2 is 1.94 bits per heavy atom. The molecule has 0 bridgehead atoms. The molecule has 2 aromatic heterocycles. The van der Waals surface area contributed by atoms with Gasteiger partial charge in [-0.15, -0.1) is 0 Å². The Hall–Kier alpha value is -1.81. The minimum Gasteiger partial charge on any atom is -0.308 e. The third-order valence-corrected chi connectivity index (χ3v) is 2.78. The van der Waals surface area contributed by atoms with Gasteiger partial charge in [-0.2, -0.15) is 0 Å². The lowest BCUT2D eigenvalue weighted by Gasteiger charge is -2.17. The van der Waals surface area contributed by atoms with E-state index in [-0.39, 0.29) is 6.04 Å². The van der Waals surface area contributed by atoms with Crippen molar-refractivity contribution in [1.82, 2.24) is 20.3 Å². The highest BCUT2D eigenvalue weighted by Crippen LogP contribution is 2.21. The molecule has 4 heteroatoms. The van der Waals surface area contributed by atoms with Crippen molar-refractivity contribution in [3.8, 4) is 0 Å². The van der Waals surface area contributed by atoms with Gasteiger partial charge in [0.1, 0.15) is 0 Å². The average Bonchev–Trinajstić information content (AvgIpc) is 2.35. The fraction of sp³-hybridized carbons (Fsp3) is 0.308. The van der Waals surface area contributed by atoms with Gasteiger partial charge >= 0.3 is 0 Å². The van der Waals surface area contributed by atoms with Crippen LogP contribution in [0.25, 0.3) is 0 Å². The number of aromatic nitrogens is 3. The lowest BCUT2D eigenvalue weighted by atomic mass is 10.0. The Balaban J connectivity index is 2.40. The Labute approximate surface area is 101 Å². The Kier molecular flexibility index (Phi) is 3.44. The average molecular weight is 228 g/mol. The maximum Gasteiger partial charge on any atom is 0.0802 e. The largest absolute Gasteiger partial charge is 0.308 e. The topological polar surface area (TPSA) is 50.7 Å². The minimum absolute atomic E-state index is 0.0387. The summed E-state index contributed by atoms with van der Waals surface area (Å²) in [6, 6.07) is 2.04. The van der Waals surface area contributed by atoms with E-state index in [1.807, 2.05) is 32.4 Å². The number of hydrogen-bond acceptors (Lipinski definition) is 4. The van der Waals surface area contributed by atoms with Crippen molar-refractivity contribution >= 4 is 0 Å². The number of rotatable bonds is 3. The quantitative estimate of drug-likeness (QED) is 0.870. The third-order valence-electron chi connectivity index (χ3n) is 2.78. The monoisotopic (exact) mass is 228 g/mol. The van der Waals surface area contributed by atoms with Crippen LogP contribution in [0, 0.1) is 13.8 Å². The molecule has 0 saturated heterocycles. The first-order valence-electron chi connectivity index (χ1n) is 5.58.